The minimum Gasteiger partial charge on any atom is -0.377 e. The average molecular weight is 341 g/mol. The zero-order valence-electron chi connectivity index (χ0n) is 14.4. The van der Waals surface area contributed by atoms with Gasteiger partial charge in [-0.25, -0.2) is 12.7 Å². The monoisotopic (exact) mass is 341 g/mol. The first-order chi connectivity index (χ1) is 10.6. The Balaban J connectivity index is 1.98. The Hall–Kier alpha value is -0.880. The van der Waals surface area contributed by atoms with Crippen LogP contribution in [0.25, 0.3) is 0 Å². The molecule has 5 atom stereocenters. The van der Waals surface area contributed by atoms with Crippen molar-refractivity contribution in [2.24, 2.45) is 22.7 Å². The van der Waals surface area contributed by atoms with Crippen LogP contribution in [0.15, 0.2) is 12.7 Å². The summed E-state index contributed by atoms with van der Waals surface area (Å²) in [5.74, 6) is -0.281. The van der Waals surface area contributed by atoms with Crippen LogP contribution in [-0.2, 0) is 19.6 Å². The van der Waals surface area contributed by atoms with E-state index in [9.17, 15) is 13.2 Å². The molecule has 1 heterocycles. The number of rotatable bonds is 4. The molecule has 6 heteroatoms. The standard InChI is InChI=1S/C17H27NO4S/c1-6-13(22-5)11(2)15(19)18-14-9-12-7-8-17(14,16(12,3)4)10-23(18,20)21/h6,11-14H,1,7-10H2,2-5H3. The predicted molar refractivity (Wildman–Crippen MR) is 88.1 cm³/mol. The van der Waals surface area contributed by atoms with Gasteiger partial charge >= 0.3 is 0 Å². The number of fused-ring (bicyclic) bond motifs is 1. The van der Waals surface area contributed by atoms with Crippen molar-refractivity contribution in [3.63, 3.8) is 0 Å². The Morgan fingerprint density at radius 2 is 2.09 bits per heavy atom. The van der Waals surface area contributed by atoms with Gasteiger partial charge in [-0.3, -0.25) is 4.79 Å². The Morgan fingerprint density at radius 1 is 1.43 bits per heavy atom. The molecule has 0 N–H and O–H groups in total. The first-order valence-electron chi connectivity index (χ1n) is 8.33. The van der Waals surface area contributed by atoms with Gasteiger partial charge in [0.2, 0.25) is 15.9 Å². The third kappa shape index (κ3) is 2.00. The van der Waals surface area contributed by atoms with Crippen LogP contribution >= 0.6 is 0 Å². The fourth-order valence-corrected chi connectivity index (χ4v) is 8.04. The summed E-state index contributed by atoms with van der Waals surface area (Å²) in [7, 11) is -2.05. The fraction of sp³-hybridized carbons (Fsp3) is 0.824. The number of nitrogens with zero attached hydrogens (tertiary/aromatic N) is 1. The van der Waals surface area contributed by atoms with E-state index < -0.39 is 22.0 Å². The smallest absolute Gasteiger partial charge is 0.242 e. The van der Waals surface area contributed by atoms with E-state index in [0.717, 1.165) is 19.3 Å². The van der Waals surface area contributed by atoms with Crippen molar-refractivity contribution in [2.45, 2.75) is 52.2 Å². The second kappa shape index (κ2) is 5.06. The number of amides is 1. The van der Waals surface area contributed by atoms with E-state index in [4.69, 9.17) is 4.74 Å². The Bertz CT molecular complexity index is 641. The number of ether oxygens (including phenoxy) is 1. The topological polar surface area (TPSA) is 63.7 Å². The van der Waals surface area contributed by atoms with Gasteiger partial charge in [0.05, 0.1) is 23.8 Å². The summed E-state index contributed by atoms with van der Waals surface area (Å²) in [4.78, 5) is 13.0. The highest BCUT2D eigenvalue weighted by atomic mass is 32.2. The van der Waals surface area contributed by atoms with Crippen LogP contribution < -0.4 is 0 Å². The van der Waals surface area contributed by atoms with E-state index in [1.807, 2.05) is 0 Å². The van der Waals surface area contributed by atoms with Crippen LogP contribution in [0.2, 0.25) is 0 Å². The van der Waals surface area contributed by atoms with Gasteiger partial charge in [-0.05, 0) is 30.6 Å². The second-order valence-electron chi connectivity index (χ2n) is 7.98. The zero-order valence-corrected chi connectivity index (χ0v) is 15.2. The van der Waals surface area contributed by atoms with E-state index in [-0.39, 0.29) is 28.5 Å². The number of methoxy groups -OCH3 is 1. The van der Waals surface area contributed by atoms with Crippen molar-refractivity contribution in [2.75, 3.05) is 12.9 Å². The summed E-state index contributed by atoms with van der Waals surface area (Å²) in [6.07, 6.45) is 3.87. The molecule has 0 aromatic rings. The largest absolute Gasteiger partial charge is 0.377 e. The van der Waals surface area contributed by atoms with Crippen LogP contribution in [0.4, 0.5) is 0 Å². The summed E-state index contributed by atoms with van der Waals surface area (Å²) in [6, 6.07) is -0.182. The molecule has 5 nitrogen and oxygen atoms in total. The van der Waals surface area contributed by atoms with Crippen molar-refractivity contribution in [3.05, 3.63) is 12.7 Å². The third-order valence-electron chi connectivity index (χ3n) is 7.02. The van der Waals surface area contributed by atoms with E-state index in [2.05, 4.69) is 20.4 Å². The van der Waals surface area contributed by atoms with Crippen LogP contribution in [-0.4, -0.2) is 43.6 Å². The molecule has 0 radical (unpaired) electrons. The van der Waals surface area contributed by atoms with Crippen LogP contribution in [0.3, 0.4) is 0 Å². The average Bonchev–Trinajstić information content (AvgIpc) is 2.94. The first kappa shape index (κ1) is 17.0. The van der Waals surface area contributed by atoms with Crippen LogP contribution in [0.5, 0.6) is 0 Å². The molecule has 1 aliphatic heterocycles. The van der Waals surface area contributed by atoms with Crippen molar-refractivity contribution in [1.29, 1.82) is 0 Å². The van der Waals surface area contributed by atoms with Gasteiger partial charge in [0.25, 0.3) is 0 Å². The van der Waals surface area contributed by atoms with Crippen LogP contribution in [0.1, 0.15) is 40.0 Å². The summed E-state index contributed by atoms with van der Waals surface area (Å²) >= 11 is 0. The van der Waals surface area contributed by atoms with Crippen molar-refractivity contribution in [1.82, 2.24) is 4.31 Å². The van der Waals surface area contributed by atoms with E-state index in [1.165, 1.54) is 11.4 Å². The molecule has 2 saturated carbocycles. The highest BCUT2D eigenvalue weighted by Gasteiger charge is 2.72. The number of hydrogen-bond acceptors (Lipinski definition) is 4. The predicted octanol–water partition coefficient (Wildman–Crippen LogP) is 2.19. The molecule has 130 valence electrons. The molecule has 23 heavy (non-hydrogen) atoms. The third-order valence-corrected chi connectivity index (χ3v) is 8.93. The SMILES string of the molecule is C=CC(OC)C(C)C(=O)N1C2CC3CCC2(CS1(=O)=O)C3(C)C. The van der Waals surface area contributed by atoms with Gasteiger partial charge in [0.15, 0.2) is 0 Å². The molecule has 2 aliphatic carbocycles. The fourth-order valence-electron chi connectivity index (χ4n) is 5.42. The second-order valence-corrected chi connectivity index (χ2v) is 9.83. The highest BCUT2D eigenvalue weighted by molar-refractivity contribution is 7.90. The minimum atomic E-state index is -3.56. The molecular weight excluding hydrogens is 314 g/mol. The lowest BCUT2D eigenvalue weighted by Crippen LogP contribution is -2.47. The molecule has 1 amide bonds. The normalized spacial score (nSPS) is 39.0. The minimum absolute atomic E-state index is 0.0257. The summed E-state index contributed by atoms with van der Waals surface area (Å²) in [5, 5.41) is 0. The van der Waals surface area contributed by atoms with Crippen molar-refractivity contribution < 1.29 is 17.9 Å². The highest BCUT2D eigenvalue weighted by Crippen LogP contribution is 2.70. The molecule has 1 saturated heterocycles. The molecule has 0 aromatic heterocycles. The van der Waals surface area contributed by atoms with Gasteiger partial charge in [-0.15, -0.1) is 6.58 Å². The number of hydrogen-bond donors (Lipinski definition) is 0. The molecule has 0 aromatic carbocycles. The van der Waals surface area contributed by atoms with E-state index >= 15 is 0 Å². The molecule has 1 spiro atoms. The molecule has 5 unspecified atom stereocenters. The molecular formula is C17H27NO4S. The Kier molecular flexibility index (Phi) is 3.73. The first-order valence-corrected chi connectivity index (χ1v) is 9.94. The maximum atomic E-state index is 13.0. The molecule has 3 aliphatic rings. The maximum absolute atomic E-state index is 13.0. The molecule has 2 bridgehead atoms. The Labute approximate surface area is 139 Å². The summed E-state index contributed by atoms with van der Waals surface area (Å²) < 4.78 is 32.1. The summed E-state index contributed by atoms with van der Waals surface area (Å²) in [6.45, 7) is 9.76. The van der Waals surface area contributed by atoms with Crippen molar-refractivity contribution in [3.8, 4) is 0 Å². The quantitative estimate of drug-likeness (QED) is 0.735. The lowest BCUT2D eigenvalue weighted by molar-refractivity contribution is -0.135. The zero-order chi connectivity index (χ0) is 17.2. The van der Waals surface area contributed by atoms with Crippen LogP contribution in [0, 0.1) is 22.7 Å². The lowest BCUT2D eigenvalue weighted by Gasteiger charge is -2.37. The Morgan fingerprint density at radius 3 is 2.61 bits per heavy atom. The molecule has 3 fully saturated rings. The summed E-state index contributed by atoms with van der Waals surface area (Å²) in [5.41, 5.74) is -0.301. The number of carbonyl (C=O) groups is 1. The van der Waals surface area contributed by atoms with Gasteiger partial charge in [-0.2, -0.15) is 0 Å². The van der Waals surface area contributed by atoms with E-state index in [0.29, 0.717) is 5.92 Å². The lowest BCUT2D eigenvalue weighted by atomic mass is 9.69. The molecule has 3 rings (SSSR count). The van der Waals surface area contributed by atoms with E-state index in [1.54, 1.807) is 13.0 Å². The number of sulfonamides is 1. The maximum Gasteiger partial charge on any atom is 0.242 e. The van der Waals surface area contributed by atoms with Gasteiger partial charge < -0.3 is 4.74 Å². The number of carbonyl (C=O) groups excluding carboxylic acids is 1. The van der Waals surface area contributed by atoms with Gasteiger partial charge in [-0.1, -0.05) is 26.8 Å². The van der Waals surface area contributed by atoms with Crippen molar-refractivity contribution >= 4 is 15.9 Å². The van der Waals surface area contributed by atoms with Gasteiger partial charge in [0.1, 0.15) is 0 Å². The van der Waals surface area contributed by atoms with Gasteiger partial charge in [0, 0.05) is 12.5 Å².